The number of benzene rings is 1. The highest BCUT2D eigenvalue weighted by Gasteiger charge is 2.31. The molecule has 1 saturated heterocycles. The second-order valence-electron chi connectivity index (χ2n) is 6.72. The molecule has 1 fully saturated rings. The van der Waals surface area contributed by atoms with E-state index in [0.717, 1.165) is 18.5 Å². The maximum atomic E-state index is 2.76. The number of fused-ring (bicyclic) bond motifs is 2. The molecule has 3 heterocycles. The maximum absolute atomic E-state index is 2.76. The molecule has 0 spiro atoms. The van der Waals surface area contributed by atoms with Gasteiger partial charge in [0.15, 0.2) is 0 Å². The van der Waals surface area contributed by atoms with Gasteiger partial charge < -0.3 is 0 Å². The van der Waals surface area contributed by atoms with Crippen molar-refractivity contribution in [2.45, 2.75) is 45.2 Å². The van der Waals surface area contributed by atoms with E-state index in [9.17, 15) is 0 Å². The van der Waals surface area contributed by atoms with Crippen LogP contribution in [0.5, 0.6) is 0 Å². The summed E-state index contributed by atoms with van der Waals surface area (Å²) in [5, 5.41) is 0. The summed E-state index contributed by atoms with van der Waals surface area (Å²) in [4.78, 5) is 5.73. The van der Waals surface area contributed by atoms with E-state index in [1.807, 2.05) is 11.3 Å². The van der Waals surface area contributed by atoms with Crippen molar-refractivity contribution in [1.29, 1.82) is 0 Å². The topological polar surface area (TPSA) is 3.24 Å². The number of aryl methyl sites for hydroxylation is 1. The molecule has 0 radical (unpaired) electrons. The lowest BCUT2D eigenvalue weighted by molar-refractivity contribution is 0.0948. The lowest BCUT2D eigenvalue weighted by atomic mass is 9.80. The first-order valence-electron chi connectivity index (χ1n) is 8.14. The summed E-state index contributed by atoms with van der Waals surface area (Å²) >= 11 is 1.96. The Morgan fingerprint density at radius 3 is 2.62 bits per heavy atom. The fraction of sp³-hybridized carbons (Fsp3) is 0.474. The molecule has 0 saturated carbocycles. The third-order valence-electron chi connectivity index (χ3n) is 5.15. The number of hydrogen-bond acceptors (Lipinski definition) is 2. The van der Waals surface area contributed by atoms with E-state index >= 15 is 0 Å². The Hall–Kier alpha value is -1.12. The van der Waals surface area contributed by atoms with Gasteiger partial charge in [-0.05, 0) is 61.8 Å². The van der Waals surface area contributed by atoms with Gasteiger partial charge in [0.25, 0.3) is 0 Å². The van der Waals surface area contributed by atoms with Crippen molar-refractivity contribution < 1.29 is 0 Å². The monoisotopic (exact) mass is 297 g/mol. The third kappa shape index (κ3) is 2.79. The SMILES string of the molecule is Cc1ccc(CN2C[C@H]3CC[C@@H]2Cc2ccccc2C3)s1. The summed E-state index contributed by atoms with van der Waals surface area (Å²) in [7, 11) is 0. The summed E-state index contributed by atoms with van der Waals surface area (Å²) in [5.41, 5.74) is 3.21. The Morgan fingerprint density at radius 1 is 1.05 bits per heavy atom. The van der Waals surface area contributed by atoms with E-state index in [0.29, 0.717) is 0 Å². The number of nitrogens with zero attached hydrogens (tertiary/aromatic N) is 1. The van der Waals surface area contributed by atoms with Gasteiger partial charge in [0, 0.05) is 28.9 Å². The van der Waals surface area contributed by atoms with Gasteiger partial charge in [0.2, 0.25) is 0 Å². The van der Waals surface area contributed by atoms with Crippen LogP contribution in [0.4, 0.5) is 0 Å². The van der Waals surface area contributed by atoms with Crippen molar-refractivity contribution in [1.82, 2.24) is 4.90 Å². The Morgan fingerprint density at radius 2 is 1.86 bits per heavy atom. The number of rotatable bonds is 2. The molecule has 0 N–H and O–H groups in total. The summed E-state index contributed by atoms with van der Waals surface area (Å²) in [6, 6.07) is 14.4. The van der Waals surface area contributed by atoms with Gasteiger partial charge in [0.05, 0.1) is 0 Å². The fourth-order valence-corrected chi connectivity index (χ4v) is 4.98. The van der Waals surface area contributed by atoms with Crippen molar-refractivity contribution in [2.75, 3.05) is 6.54 Å². The predicted molar refractivity (Wildman–Crippen MR) is 89.8 cm³/mol. The highest BCUT2D eigenvalue weighted by molar-refractivity contribution is 7.11. The Balaban J connectivity index is 1.58. The molecule has 1 aliphatic carbocycles. The zero-order valence-electron chi connectivity index (χ0n) is 12.7. The molecule has 1 aromatic carbocycles. The van der Waals surface area contributed by atoms with Gasteiger partial charge in [-0.1, -0.05) is 24.3 Å². The lowest BCUT2D eigenvalue weighted by Crippen LogP contribution is -2.45. The molecule has 0 amide bonds. The molecule has 21 heavy (non-hydrogen) atoms. The van der Waals surface area contributed by atoms with Crippen molar-refractivity contribution >= 4 is 11.3 Å². The van der Waals surface area contributed by atoms with Gasteiger partial charge in [-0.3, -0.25) is 4.90 Å². The van der Waals surface area contributed by atoms with Gasteiger partial charge >= 0.3 is 0 Å². The largest absolute Gasteiger partial charge is 0.295 e. The molecule has 0 unspecified atom stereocenters. The fourth-order valence-electron chi connectivity index (χ4n) is 4.06. The summed E-state index contributed by atoms with van der Waals surface area (Å²) in [6.07, 6.45) is 5.32. The molecule has 3 aliphatic rings. The first-order valence-corrected chi connectivity index (χ1v) is 8.96. The molecule has 2 aliphatic heterocycles. The van der Waals surface area contributed by atoms with E-state index in [2.05, 4.69) is 48.2 Å². The molecule has 1 nitrogen and oxygen atoms in total. The van der Waals surface area contributed by atoms with Crippen LogP contribution in [0.1, 0.15) is 33.7 Å². The minimum Gasteiger partial charge on any atom is -0.295 e. The molecule has 2 bridgehead atoms. The maximum Gasteiger partial charge on any atom is 0.0331 e. The number of piperidine rings is 1. The highest BCUT2D eigenvalue weighted by Crippen LogP contribution is 2.33. The van der Waals surface area contributed by atoms with Gasteiger partial charge in [-0.25, -0.2) is 0 Å². The zero-order chi connectivity index (χ0) is 14.2. The molecule has 110 valence electrons. The normalized spacial score (nSPS) is 25.4. The molecular weight excluding hydrogens is 274 g/mol. The molecular formula is C19H23NS. The van der Waals surface area contributed by atoms with Crippen LogP contribution in [0.2, 0.25) is 0 Å². The molecule has 2 heteroatoms. The molecule has 2 atom stereocenters. The summed E-state index contributed by atoms with van der Waals surface area (Å²) in [5.74, 6) is 0.851. The Kier molecular flexibility index (Phi) is 3.60. The van der Waals surface area contributed by atoms with Crippen molar-refractivity contribution in [3.8, 4) is 0 Å². The second kappa shape index (κ2) is 5.58. The Labute approximate surface area is 131 Å². The molecule has 5 rings (SSSR count). The zero-order valence-corrected chi connectivity index (χ0v) is 13.5. The van der Waals surface area contributed by atoms with Crippen LogP contribution in [-0.2, 0) is 19.4 Å². The van der Waals surface area contributed by atoms with Crippen molar-refractivity contribution in [3.63, 3.8) is 0 Å². The highest BCUT2D eigenvalue weighted by atomic mass is 32.1. The van der Waals surface area contributed by atoms with Crippen LogP contribution in [0.25, 0.3) is 0 Å². The first kappa shape index (κ1) is 13.5. The van der Waals surface area contributed by atoms with Crippen molar-refractivity contribution in [3.05, 3.63) is 57.3 Å². The molecule has 1 aromatic heterocycles. The van der Waals surface area contributed by atoms with Crippen LogP contribution in [0.15, 0.2) is 36.4 Å². The average molecular weight is 297 g/mol. The van der Waals surface area contributed by atoms with E-state index in [1.54, 1.807) is 11.1 Å². The standard InChI is InChI=1S/C19H23NS/c1-14-6-9-19(21-14)13-20-12-15-7-8-18(20)11-17-5-3-2-4-16(17)10-15/h2-6,9,15,18H,7-8,10-13H2,1H3/t15-,18+/m0/s1. The van der Waals surface area contributed by atoms with E-state index in [-0.39, 0.29) is 0 Å². The van der Waals surface area contributed by atoms with Gasteiger partial charge in [0.1, 0.15) is 0 Å². The number of thiophene rings is 1. The Bertz CT molecular complexity index is 630. The predicted octanol–water partition coefficient (Wildman–Crippen LogP) is 4.44. The van der Waals surface area contributed by atoms with Crippen LogP contribution in [0, 0.1) is 12.8 Å². The van der Waals surface area contributed by atoms with Crippen LogP contribution >= 0.6 is 11.3 Å². The van der Waals surface area contributed by atoms with Crippen molar-refractivity contribution in [2.24, 2.45) is 5.92 Å². The smallest absolute Gasteiger partial charge is 0.0331 e. The quantitative estimate of drug-likeness (QED) is 0.792. The summed E-state index contributed by atoms with van der Waals surface area (Å²) in [6.45, 7) is 4.65. The summed E-state index contributed by atoms with van der Waals surface area (Å²) < 4.78 is 0. The minimum atomic E-state index is 0.741. The van der Waals surface area contributed by atoms with Crippen LogP contribution in [-0.4, -0.2) is 17.5 Å². The van der Waals surface area contributed by atoms with Crippen LogP contribution < -0.4 is 0 Å². The van der Waals surface area contributed by atoms with Gasteiger partial charge in [-0.2, -0.15) is 0 Å². The first-order chi connectivity index (χ1) is 10.3. The minimum absolute atomic E-state index is 0.741. The van der Waals surface area contributed by atoms with E-state index in [1.165, 1.54) is 42.0 Å². The second-order valence-corrected chi connectivity index (χ2v) is 8.09. The lowest BCUT2D eigenvalue weighted by Gasteiger charge is -2.42. The van der Waals surface area contributed by atoms with Crippen LogP contribution in [0.3, 0.4) is 0 Å². The third-order valence-corrected chi connectivity index (χ3v) is 6.14. The molecule has 2 aromatic rings. The number of hydrogen-bond donors (Lipinski definition) is 0. The van der Waals surface area contributed by atoms with Gasteiger partial charge in [-0.15, -0.1) is 11.3 Å². The average Bonchev–Trinajstić information content (AvgIpc) is 2.85. The van der Waals surface area contributed by atoms with E-state index in [4.69, 9.17) is 0 Å². The van der Waals surface area contributed by atoms with E-state index < -0.39 is 0 Å².